The zero-order valence-electron chi connectivity index (χ0n) is 25.4. The molecular weight excluding hydrogens is 596 g/mol. The molecule has 1 unspecified atom stereocenters. The van der Waals surface area contributed by atoms with Crippen LogP contribution in [0.5, 0.6) is 0 Å². The van der Waals surface area contributed by atoms with Gasteiger partial charge in [0.2, 0.25) is 21.8 Å². The lowest BCUT2D eigenvalue weighted by molar-refractivity contribution is -0.127. The average molecular weight is 633 g/mol. The summed E-state index contributed by atoms with van der Waals surface area (Å²) in [6.07, 6.45) is 4.75. The molecule has 0 saturated heterocycles. The van der Waals surface area contributed by atoms with Crippen molar-refractivity contribution < 1.29 is 27.5 Å². The van der Waals surface area contributed by atoms with Crippen LogP contribution in [-0.4, -0.2) is 72.7 Å². The average Bonchev–Trinajstić information content (AvgIpc) is 3.46. The highest BCUT2D eigenvalue weighted by Crippen LogP contribution is 2.31. The molecule has 0 aliphatic heterocycles. The number of sulfonamides is 1. The molecule has 3 aromatic carbocycles. The Morgan fingerprint density at radius 1 is 0.956 bits per heavy atom. The summed E-state index contributed by atoms with van der Waals surface area (Å²) in [5.41, 5.74) is 2.31. The van der Waals surface area contributed by atoms with Crippen molar-refractivity contribution >= 4 is 44.5 Å². The van der Waals surface area contributed by atoms with Crippen LogP contribution in [0.15, 0.2) is 77.7 Å². The molecular formula is C32H36N6O6S. The Labute approximate surface area is 262 Å². The monoisotopic (exact) mass is 632 g/mol. The maximum absolute atomic E-state index is 14.3. The zero-order chi connectivity index (χ0) is 32.1. The third-order valence-corrected chi connectivity index (χ3v) is 9.80. The largest absolute Gasteiger partial charge is 0.465 e. The summed E-state index contributed by atoms with van der Waals surface area (Å²) < 4.78 is 33.0. The third kappa shape index (κ3) is 6.89. The Kier molecular flexibility index (Phi) is 9.59. The number of aromatic nitrogens is 3. The van der Waals surface area contributed by atoms with Gasteiger partial charge in [0.25, 0.3) is 0 Å². The lowest BCUT2D eigenvalue weighted by Gasteiger charge is -2.33. The summed E-state index contributed by atoms with van der Waals surface area (Å²) in [5.74, 6) is -1.40. The number of esters is 1. The molecule has 1 N–H and O–H groups in total. The predicted molar refractivity (Wildman–Crippen MR) is 168 cm³/mol. The number of methoxy groups -OCH3 is 1. The Balaban J connectivity index is 1.60. The van der Waals surface area contributed by atoms with Gasteiger partial charge in [-0.1, -0.05) is 48.7 Å². The summed E-state index contributed by atoms with van der Waals surface area (Å²) >= 11 is 0. The van der Waals surface area contributed by atoms with Gasteiger partial charge < -0.3 is 10.1 Å². The number of hydrogen-bond donors (Lipinski definition) is 1. The highest BCUT2D eigenvalue weighted by Gasteiger charge is 2.35. The minimum atomic E-state index is -3.74. The van der Waals surface area contributed by atoms with Crippen LogP contribution in [-0.2, 0) is 30.9 Å². The van der Waals surface area contributed by atoms with Crippen LogP contribution in [0.3, 0.4) is 0 Å². The fraction of sp³-hybridized carbons (Fsp3) is 0.344. The number of benzene rings is 3. The smallest absolute Gasteiger partial charge is 0.337 e. The summed E-state index contributed by atoms with van der Waals surface area (Å²) in [7, 11) is 0.410. The molecule has 1 aromatic heterocycles. The molecule has 2 amide bonds. The molecule has 1 fully saturated rings. The number of ether oxygens (including phenoxy) is 1. The zero-order valence-corrected chi connectivity index (χ0v) is 26.2. The van der Waals surface area contributed by atoms with Crippen molar-refractivity contribution in [2.75, 3.05) is 26.1 Å². The fourth-order valence-electron chi connectivity index (χ4n) is 5.53. The first-order valence-electron chi connectivity index (χ1n) is 14.7. The molecule has 1 aliphatic carbocycles. The third-order valence-electron chi connectivity index (χ3n) is 7.97. The summed E-state index contributed by atoms with van der Waals surface area (Å²) in [4.78, 5) is 42.1. The molecule has 0 bridgehead atoms. The first-order chi connectivity index (χ1) is 21.6. The predicted octanol–water partition coefficient (Wildman–Crippen LogP) is 3.69. The van der Waals surface area contributed by atoms with E-state index in [0.717, 1.165) is 36.4 Å². The summed E-state index contributed by atoms with van der Waals surface area (Å²) in [6.45, 7) is -0.244. The summed E-state index contributed by atoms with van der Waals surface area (Å²) in [6, 6.07) is 18.2. The van der Waals surface area contributed by atoms with Gasteiger partial charge in [0, 0.05) is 25.8 Å². The van der Waals surface area contributed by atoms with E-state index in [4.69, 9.17) is 4.74 Å². The van der Waals surface area contributed by atoms with Crippen LogP contribution in [0.2, 0.25) is 0 Å². The van der Waals surface area contributed by atoms with E-state index in [1.165, 1.54) is 55.1 Å². The van der Waals surface area contributed by atoms with E-state index in [0.29, 0.717) is 22.3 Å². The number of fused-ring (bicyclic) bond motifs is 1. The lowest BCUT2D eigenvalue weighted by Crippen LogP contribution is -2.48. The van der Waals surface area contributed by atoms with Crippen LogP contribution in [0.1, 0.15) is 54.1 Å². The number of para-hydroxylation sites is 1. The molecule has 236 valence electrons. The fourth-order valence-corrected chi connectivity index (χ4v) is 6.43. The Morgan fingerprint density at radius 3 is 2.27 bits per heavy atom. The van der Waals surface area contributed by atoms with Gasteiger partial charge in [0.05, 0.1) is 23.1 Å². The van der Waals surface area contributed by atoms with Gasteiger partial charge in [-0.25, -0.2) is 22.2 Å². The second kappa shape index (κ2) is 13.6. The van der Waals surface area contributed by atoms with Crippen molar-refractivity contribution in [1.82, 2.24) is 24.6 Å². The number of amides is 2. The van der Waals surface area contributed by atoms with Gasteiger partial charge in [0.1, 0.15) is 18.1 Å². The number of nitrogens with zero attached hydrogens (tertiary/aromatic N) is 5. The molecule has 13 heteroatoms. The van der Waals surface area contributed by atoms with E-state index < -0.39 is 33.8 Å². The van der Waals surface area contributed by atoms with E-state index in [1.54, 1.807) is 36.4 Å². The van der Waals surface area contributed by atoms with E-state index in [2.05, 4.69) is 15.6 Å². The van der Waals surface area contributed by atoms with Crippen molar-refractivity contribution in [3.8, 4) is 0 Å². The minimum Gasteiger partial charge on any atom is -0.465 e. The maximum atomic E-state index is 14.3. The van der Waals surface area contributed by atoms with E-state index in [9.17, 15) is 22.8 Å². The van der Waals surface area contributed by atoms with Crippen molar-refractivity contribution in [1.29, 1.82) is 0 Å². The molecule has 0 spiro atoms. The summed E-state index contributed by atoms with van der Waals surface area (Å²) in [5, 5.41) is 11.5. The van der Waals surface area contributed by atoms with Gasteiger partial charge in [-0.3, -0.25) is 14.5 Å². The number of nitrogens with one attached hydrogen (secondary N) is 1. The first kappa shape index (κ1) is 31.8. The molecule has 5 rings (SSSR count). The number of rotatable bonds is 10. The van der Waals surface area contributed by atoms with E-state index in [1.807, 2.05) is 12.1 Å². The maximum Gasteiger partial charge on any atom is 0.337 e. The second-order valence-corrected chi connectivity index (χ2v) is 13.3. The quantitative estimate of drug-likeness (QED) is 0.261. The molecule has 1 aliphatic rings. The van der Waals surface area contributed by atoms with Crippen LogP contribution in [0.25, 0.3) is 11.0 Å². The van der Waals surface area contributed by atoms with Crippen LogP contribution < -0.4 is 10.2 Å². The Bertz CT molecular complexity index is 1780. The molecule has 4 aromatic rings. The molecule has 1 saturated carbocycles. The lowest BCUT2D eigenvalue weighted by atomic mass is 9.94. The Morgan fingerprint density at radius 2 is 1.62 bits per heavy atom. The number of hydrogen-bond acceptors (Lipinski definition) is 8. The molecule has 1 heterocycles. The standard InChI is InChI=1S/C32H36N6O6S/c1-36(2)45(42,43)26-19-17-25(18-20-26)38(29(39)21-37-28-12-8-7-11-27(28)34-35-37)30(31(40)33-24-9-5-4-6-10-24)22-13-15-23(16-14-22)32(41)44-3/h7-8,11-20,24,30H,4-6,9-10,21H2,1-3H3,(H,33,40). The van der Waals surface area contributed by atoms with E-state index in [-0.39, 0.29) is 23.0 Å². The van der Waals surface area contributed by atoms with Crippen molar-refractivity contribution in [2.24, 2.45) is 0 Å². The normalized spacial score (nSPS) is 14.7. The van der Waals surface area contributed by atoms with Gasteiger partial charge in [-0.05, 0) is 66.9 Å². The van der Waals surface area contributed by atoms with Gasteiger partial charge in [-0.2, -0.15) is 0 Å². The molecule has 45 heavy (non-hydrogen) atoms. The highest BCUT2D eigenvalue weighted by molar-refractivity contribution is 7.89. The number of carbonyl (C=O) groups excluding carboxylic acids is 3. The molecule has 0 radical (unpaired) electrons. The van der Waals surface area contributed by atoms with E-state index >= 15 is 0 Å². The van der Waals surface area contributed by atoms with Gasteiger partial charge >= 0.3 is 5.97 Å². The first-order valence-corrected chi connectivity index (χ1v) is 16.2. The van der Waals surface area contributed by atoms with Crippen LogP contribution >= 0.6 is 0 Å². The Hall–Kier alpha value is -4.62. The number of carbonyl (C=O) groups is 3. The highest BCUT2D eigenvalue weighted by atomic mass is 32.2. The van der Waals surface area contributed by atoms with Gasteiger partial charge in [-0.15, -0.1) is 5.10 Å². The van der Waals surface area contributed by atoms with Crippen molar-refractivity contribution in [3.63, 3.8) is 0 Å². The molecule has 12 nitrogen and oxygen atoms in total. The topological polar surface area (TPSA) is 144 Å². The van der Waals surface area contributed by atoms with Crippen molar-refractivity contribution in [2.45, 2.75) is 55.6 Å². The second-order valence-electron chi connectivity index (χ2n) is 11.1. The SMILES string of the molecule is COC(=O)c1ccc(C(C(=O)NC2CCCCC2)N(C(=O)Cn2nnc3ccccc32)c2ccc(S(=O)(=O)N(C)C)cc2)cc1. The molecule has 1 atom stereocenters. The van der Waals surface area contributed by atoms with Crippen LogP contribution in [0.4, 0.5) is 5.69 Å². The van der Waals surface area contributed by atoms with Gasteiger partial charge in [0.15, 0.2) is 0 Å². The number of anilines is 1. The van der Waals surface area contributed by atoms with Crippen molar-refractivity contribution in [3.05, 3.63) is 83.9 Å². The minimum absolute atomic E-state index is 0.0385. The van der Waals surface area contributed by atoms with Crippen LogP contribution in [0, 0.1) is 0 Å².